The number of hydrogen-bond acceptors (Lipinski definition) is 6. The molecule has 148 valence electrons. The Labute approximate surface area is 167 Å². The number of benzene rings is 1. The van der Waals surface area contributed by atoms with Crippen LogP contribution in [0.4, 0.5) is 5.69 Å². The number of aromatic nitrogens is 4. The van der Waals surface area contributed by atoms with Gasteiger partial charge in [-0.05, 0) is 42.7 Å². The summed E-state index contributed by atoms with van der Waals surface area (Å²) in [6, 6.07) is 10.5. The number of carbonyl (C=O) groups excluding carboxylic acids is 2. The zero-order valence-corrected chi connectivity index (χ0v) is 15.6. The molecule has 0 spiro atoms. The van der Waals surface area contributed by atoms with Crippen LogP contribution in [0.15, 0.2) is 55.2 Å². The first-order valence-electron chi connectivity index (χ1n) is 9.30. The van der Waals surface area contributed by atoms with Gasteiger partial charge < -0.3 is 15.4 Å². The largest absolute Gasteiger partial charge is 0.368 e. The van der Waals surface area contributed by atoms with Gasteiger partial charge in [-0.15, -0.1) is 0 Å². The number of carbonyl (C=O) groups is 2. The van der Waals surface area contributed by atoms with Crippen LogP contribution >= 0.6 is 0 Å². The molecule has 3 heterocycles. The van der Waals surface area contributed by atoms with E-state index in [1.54, 1.807) is 47.5 Å². The minimum absolute atomic E-state index is 0.182. The van der Waals surface area contributed by atoms with Crippen molar-refractivity contribution in [2.45, 2.75) is 25.5 Å². The van der Waals surface area contributed by atoms with E-state index in [-0.39, 0.29) is 11.8 Å². The molecule has 0 saturated carbocycles. The molecule has 1 saturated heterocycles. The number of amides is 2. The second kappa shape index (κ2) is 8.61. The molecule has 1 aliphatic heterocycles. The molecule has 2 aromatic heterocycles. The number of nitrogens with zero attached hydrogens (tertiary/aromatic N) is 4. The van der Waals surface area contributed by atoms with Crippen LogP contribution in [0.25, 0.3) is 5.82 Å². The molecule has 0 aliphatic carbocycles. The molecule has 4 rings (SSSR count). The summed E-state index contributed by atoms with van der Waals surface area (Å²) in [7, 11) is 0. The second-order valence-corrected chi connectivity index (χ2v) is 6.62. The fraction of sp³-hybridized carbons (Fsp3) is 0.250. The SMILES string of the molecule is O=C(NCc1ccc(-n2cncn2)nc1)c1cccc(NC(=O)C2CCCO2)c1. The van der Waals surface area contributed by atoms with Gasteiger partial charge in [0.2, 0.25) is 0 Å². The number of pyridine rings is 1. The normalized spacial score (nSPS) is 15.8. The Morgan fingerprint density at radius 3 is 2.90 bits per heavy atom. The van der Waals surface area contributed by atoms with Crippen LogP contribution in [0, 0.1) is 0 Å². The van der Waals surface area contributed by atoms with Crippen LogP contribution in [0.1, 0.15) is 28.8 Å². The zero-order valence-electron chi connectivity index (χ0n) is 15.6. The summed E-state index contributed by atoms with van der Waals surface area (Å²) < 4.78 is 6.93. The third kappa shape index (κ3) is 4.64. The molecule has 1 unspecified atom stereocenters. The van der Waals surface area contributed by atoms with Gasteiger partial charge in [-0.25, -0.2) is 14.6 Å². The Hall–Kier alpha value is -3.59. The van der Waals surface area contributed by atoms with E-state index >= 15 is 0 Å². The highest BCUT2D eigenvalue weighted by molar-refractivity contribution is 5.98. The van der Waals surface area contributed by atoms with Crippen molar-refractivity contribution in [1.29, 1.82) is 0 Å². The minimum atomic E-state index is -0.416. The second-order valence-electron chi connectivity index (χ2n) is 6.62. The molecule has 1 atom stereocenters. The van der Waals surface area contributed by atoms with Crippen LogP contribution in [0.2, 0.25) is 0 Å². The Morgan fingerprint density at radius 1 is 1.24 bits per heavy atom. The van der Waals surface area contributed by atoms with Crippen molar-refractivity contribution in [1.82, 2.24) is 25.1 Å². The number of hydrogen-bond donors (Lipinski definition) is 2. The van der Waals surface area contributed by atoms with Gasteiger partial charge in [-0.1, -0.05) is 12.1 Å². The van der Waals surface area contributed by atoms with Crippen LogP contribution < -0.4 is 10.6 Å². The highest BCUT2D eigenvalue weighted by Gasteiger charge is 2.23. The first-order chi connectivity index (χ1) is 14.2. The van der Waals surface area contributed by atoms with Crippen LogP contribution in [0.3, 0.4) is 0 Å². The molecule has 2 N–H and O–H groups in total. The summed E-state index contributed by atoms with van der Waals surface area (Å²) in [5.41, 5.74) is 1.88. The van der Waals surface area contributed by atoms with E-state index in [9.17, 15) is 9.59 Å². The van der Waals surface area contributed by atoms with Crippen molar-refractivity contribution in [2.75, 3.05) is 11.9 Å². The average Bonchev–Trinajstić information content (AvgIpc) is 3.47. The summed E-state index contributed by atoms with van der Waals surface area (Å²) in [5, 5.41) is 9.68. The van der Waals surface area contributed by atoms with Crippen molar-refractivity contribution < 1.29 is 14.3 Å². The number of anilines is 1. The highest BCUT2D eigenvalue weighted by Crippen LogP contribution is 2.16. The molecule has 29 heavy (non-hydrogen) atoms. The molecule has 1 aromatic carbocycles. The third-order valence-corrected chi connectivity index (χ3v) is 4.53. The van der Waals surface area contributed by atoms with Crippen molar-refractivity contribution in [2.24, 2.45) is 0 Å². The fourth-order valence-corrected chi connectivity index (χ4v) is 3.01. The topological polar surface area (TPSA) is 111 Å². The Balaban J connectivity index is 1.34. The maximum Gasteiger partial charge on any atom is 0.253 e. The van der Waals surface area contributed by atoms with E-state index in [2.05, 4.69) is 25.7 Å². The average molecular weight is 392 g/mol. The minimum Gasteiger partial charge on any atom is -0.368 e. The van der Waals surface area contributed by atoms with E-state index in [1.165, 1.54) is 6.33 Å². The van der Waals surface area contributed by atoms with Crippen LogP contribution in [-0.2, 0) is 16.1 Å². The Bertz CT molecular complexity index is 982. The molecular weight excluding hydrogens is 372 g/mol. The number of ether oxygens (including phenoxy) is 1. The summed E-state index contributed by atoms with van der Waals surface area (Å²) >= 11 is 0. The summed E-state index contributed by atoms with van der Waals surface area (Å²) in [4.78, 5) is 32.8. The van der Waals surface area contributed by atoms with Crippen molar-refractivity contribution in [3.63, 3.8) is 0 Å². The molecule has 0 bridgehead atoms. The van der Waals surface area contributed by atoms with Crippen molar-refractivity contribution in [3.05, 3.63) is 66.4 Å². The first-order valence-corrected chi connectivity index (χ1v) is 9.30. The zero-order chi connectivity index (χ0) is 20.1. The lowest BCUT2D eigenvalue weighted by atomic mass is 10.1. The predicted molar refractivity (Wildman–Crippen MR) is 104 cm³/mol. The van der Waals surface area contributed by atoms with Crippen molar-refractivity contribution >= 4 is 17.5 Å². The lowest BCUT2D eigenvalue weighted by Crippen LogP contribution is -2.27. The summed E-state index contributed by atoms with van der Waals surface area (Å²) in [5.74, 6) is 0.226. The van der Waals surface area contributed by atoms with Gasteiger partial charge in [-0.3, -0.25) is 9.59 Å². The number of rotatable bonds is 6. The molecular formula is C20H20N6O3. The molecule has 2 amide bonds. The summed E-state index contributed by atoms with van der Waals surface area (Å²) in [6.07, 6.45) is 5.86. The maximum atomic E-state index is 12.5. The smallest absolute Gasteiger partial charge is 0.253 e. The van der Waals surface area contributed by atoms with E-state index < -0.39 is 6.10 Å². The Morgan fingerprint density at radius 2 is 2.17 bits per heavy atom. The standard InChI is InChI=1S/C20H20N6O3/c27-19(23-11-14-6-7-18(22-10-14)26-13-21-12-24-26)15-3-1-4-16(9-15)25-20(28)17-5-2-8-29-17/h1,3-4,6-7,9-10,12-13,17H,2,5,8,11H2,(H,23,27)(H,25,28). The van der Waals surface area contributed by atoms with E-state index in [0.717, 1.165) is 18.4 Å². The fourth-order valence-electron chi connectivity index (χ4n) is 3.01. The van der Waals surface area contributed by atoms with Gasteiger partial charge in [0.05, 0.1) is 0 Å². The lowest BCUT2D eigenvalue weighted by Gasteiger charge is -2.11. The van der Waals surface area contributed by atoms with Gasteiger partial charge in [0, 0.05) is 30.6 Å². The first kappa shape index (κ1) is 18.8. The number of nitrogens with one attached hydrogen (secondary N) is 2. The lowest BCUT2D eigenvalue weighted by molar-refractivity contribution is -0.124. The predicted octanol–water partition coefficient (Wildman–Crippen LogP) is 1.71. The molecule has 9 nitrogen and oxygen atoms in total. The van der Waals surface area contributed by atoms with E-state index in [1.807, 2.05) is 6.07 Å². The van der Waals surface area contributed by atoms with Crippen LogP contribution in [0.5, 0.6) is 0 Å². The quantitative estimate of drug-likeness (QED) is 0.661. The summed E-state index contributed by atoms with van der Waals surface area (Å²) in [6.45, 7) is 0.936. The van der Waals surface area contributed by atoms with Gasteiger partial charge >= 0.3 is 0 Å². The van der Waals surface area contributed by atoms with E-state index in [4.69, 9.17) is 4.74 Å². The maximum absolute atomic E-state index is 12.5. The molecule has 0 radical (unpaired) electrons. The van der Waals surface area contributed by atoms with E-state index in [0.29, 0.717) is 30.2 Å². The van der Waals surface area contributed by atoms with Crippen molar-refractivity contribution in [3.8, 4) is 5.82 Å². The molecule has 1 fully saturated rings. The van der Waals surface area contributed by atoms with Crippen LogP contribution in [-0.4, -0.2) is 44.3 Å². The monoisotopic (exact) mass is 392 g/mol. The van der Waals surface area contributed by atoms with Gasteiger partial charge in [0.15, 0.2) is 5.82 Å². The molecule has 1 aliphatic rings. The van der Waals surface area contributed by atoms with Gasteiger partial charge in [-0.2, -0.15) is 5.10 Å². The van der Waals surface area contributed by atoms with Gasteiger partial charge in [0.1, 0.15) is 18.8 Å². The van der Waals surface area contributed by atoms with Gasteiger partial charge in [0.25, 0.3) is 11.8 Å². The third-order valence-electron chi connectivity index (χ3n) is 4.53. The highest BCUT2D eigenvalue weighted by atomic mass is 16.5. The molecule has 3 aromatic rings. The Kier molecular flexibility index (Phi) is 5.57. The molecule has 9 heteroatoms.